The van der Waals surface area contributed by atoms with E-state index in [1.807, 2.05) is 24.3 Å². The zero-order valence-corrected chi connectivity index (χ0v) is 15.6. The molecule has 5 atom stereocenters. The van der Waals surface area contributed by atoms with Crippen LogP contribution in [-0.2, 0) is 4.74 Å². The third-order valence-electron chi connectivity index (χ3n) is 4.84. The predicted octanol–water partition coefficient (Wildman–Crippen LogP) is 0.604. The summed E-state index contributed by atoms with van der Waals surface area (Å²) in [4.78, 5) is 4.62. The van der Waals surface area contributed by atoms with Crippen molar-refractivity contribution in [2.45, 2.75) is 30.6 Å². The quantitative estimate of drug-likeness (QED) is 0.274. The maximum Gasteiger partial charge on any atom is 0.157 e. The van der Waals surface area contributed by atoms with Gasteiger partial charge in [-0.25, -0.2) is 4.98 Å². The first-order chi connectivity index (χ1) is 13.0. The summed E-state index contributed by atoms with van der Waals surface area (Å²) >= 11 is 0. The van der Waals surface area contributed by atoms with Crippen LogP contribution in [0.3, 0.4) is 0 Å². The first-order valence-corrected chi connectivity index (χ1v) is 8.63. The Hall–Kier alpha value is -2.20. The Morgan fingerprint density at radius 1 is 0.929 bits per heavy atom. The van der Waals surface area contributed by atoms with Gasteiger partial charge in [0.1, 0.15) is 24.4 Å². The number of nitrogens with one attached hydrogen (secondary N) is 1. The number of nitrogens with zero attached hydrogens (tertiary/aromatic N) is 1. The zero-order chi connectivity index (χ0) is 19.1. The van der Waals surface area contributed by atoms with Crippen LogP contribution in [0.1, 0.15) is 0 Å². The Morgan fingerprint density at radius 3 is 2.32 bits per heavy atom. The standard InChI is InChI=1S/C19H21N3O5.ClH/c20-11-3-1-9-5-10-2-4-12(7-14(10)22-13(9)6-11)21-19-18(26)17(25)16(24)15(8-23)27-19;/h1-7,15-19,21,23-26H,8,20H2;1H/t15-,16-,17+,18-,19-;/m1./s1. The van der Waals surface area contributed by atoms with Gasteiger partial charge in [-0.05, 0) is 30.3 Å². The van der Waals surface area contributed by atoms with Crippen LogP contribution in [0, 0.1) is 0 Å². The van der Waals surface area contributed by atoms with Gasteiger partial charge in [-0.1, -0.05) is 12.1 Å². The van der Waals surface area contributed by atoms with Crippen LogP contribution in [0.25, 0.3) is 21.8 Å². The SMILES string of the molecule is Cl.Nc1ccc2cc3ccc(N[C@@H]4O[C@H](CO)[C@@H](O)[C@H](O)[C@H]4O)cc3nc2c1. The average Bonchev–Trinajstić information content (AvgIpc) is 2.66. The fourth-order valence-corrected chi connectivity index (χ4v) is 3.31. The van der Waals surface area contributed by atoms with Crippen molar-refractivity contribution >= 4 is 45.6 Å². The van der Waals surface area contributed by atoms with Crippen LogP contribution in [0.4, 0.5) is 11.4 Å². The molecular weight excluding hydrogens is 386 g/mol. The van der Waals surface area contributed by atoms with Crippen LogP contribution in [-0.4, -0.2) is 62.7 Å². The molecular formula is C19H22ClN3O5. The zero-order valence-electron chi connectivity index (χ0n) is 14.8. The number of aromatic nitrogens is 1. The van der Waals surface area contributed by atoms with E-state index < -0.39 is 37.3 Å². The van der Waals surface area contributed by atoms with Crippen LogP contribution in [0.2, 0.25) is 0 Å². The molecule has 0 bridgehead atoms. The van der Waals surface area contributed by atoms with E-state index in [4.69, 9.17) is 10.5 Å². The minimum Gasteiger partial charge on any atom is -0.399 e. The number of aliphatic hydroxyl groups is 4. The van der Waals surface area contributed by atoms with Crippen molar-refractivity contribution in [1.82, 2.24) is 4.98 Å². The van der Waals surface area contributed by atoms with Crippen LogP contribution in [0.5, 0.6) is 0 Å². The molecule has 1 aliphatic rings. The number of pyridine rings is 1. The highest BCUT2D eigenvalue weighted by molar-refractivity contribution is 5.95. The highest BCUT2D eigenvalue weighted by Gasteiger charge is 2.43. The van der Waals surface area contributed by atoms with Gasteiger partial charge in [0.15, 0.2) is 6.23 Å². The highest BCUT2D eigenvalue weighted by Crippen LogP contribution is 2.26. The third kappa shape index (κ3) is 3.70. The summed E-state index contributed by atoms with van der Waals surface area (Å²) in [6.45, 7) is -0.476. The van der Waals surface area contributed by atoms with Gasteiger partial charge in [0.05, 0.1) is 17.6 Å². The summed E-state index contributed by atoms with van der Waals surface area (Å²) in [5, 5.41) is 44.1. The van der Waals surface area contributed by atoms with Gasteiger partial charge in [0.2, 0.25) is 0 Å². The number of halogens is 1. The number of rotatable bonds is 3. The second kappa shape index (κ2) is 8.04. The first-order valence-electron chi connectivity index (χ1n) is 8.63. The number of fused-ring (bicyclic) bond motifs is 2. The summed E-state index contributed by atoms with van der Waals surface area (Å²) in [5.74, 6) is 0. The number of benzene rings is 2. The molecule has 0 unspecified atom stereocenters. The lowest BCUT2D eigenvalue weighted by molar-refractivity contribution is -0.221. The molecule has 0 amide bonds. The average molecular weight is 408 g/mol. The van der Waals surface area contributed by atoms with E-state index in [0.29, 0.717) is 11.4 Å². The molecule has 0 spiro atoms. The highest BCUT2D eigenvalue weighted by atomic mass is 35.5. The van der Waals surface area contributed by atoms with E-state index in [1.165, 1.54) is 0 Å². The summed E-state index contributed by atoms with van der Waals surface area (Å²) in [6, 6.07) is 13.0. The molecule has 4 rings (SSSR count). The second-order valence-corrected chi connectivity index (χ2v) is 6.74. The van der Waals surface area contributed by atoms with Gasteiger partial charge in [-0.3, -0.25) is 0 Å². The Morgan fingerprint density at radius 2 is 1.61 bits per heavy atom. The number of anilines is 2. The molecule has 28 heavy (non-hydrogen) atoms. The number of nitrogen functional groups attached to an aromatic ring is 1. The molecule has 1 aliphatic heterocycles. The number of nitrogens with two attached hydrogens (primary N) is 1. The molecule has 8 nitrogen and oxygen atoms in total. The maximum absolute atomic E-state index is 10.2. The topological polar surface area (TPSA) is 141 Å². The van der Waals surface area contributed by atoms with Crippen LogP contribution in [0.15, 0.2) is 42.5 Å². The number of hydrogen-bond donors (Lipinski definition) is 6. The molecule has 2 heterocycles. The summed E-state index contributed by atoms with van der Waals surface area (Å²) in [7, 11) is 0. The van der Waals surface area contributed by atoms with Crippen molar-refractivity contribution in [3.05, 3.63) is 42.5 Å². The van der Waals surface area contributed by atoms with E-state index in [-0.39, 0.29) is 12.4 Å². The van der Waals surface area contributed by atoms with Gasteiger partial charge in [-0.15, -0.1) is 12.4 Å². The van der Waals surface area contributed by atoms with Gasteiger partial charge >= 0.3 is 0 Å². The Labute approximate surface area is 167 Å². The van der Waals surface area contributed by atoms with E-state index in [9.17, 15) is 20.4 Å². The van der Waals surface area contributed by atoms with Crippen molar-refractivity contribution in [3.63, 3.8) is 0 Å². The van der Waals surface area contributed by atoms with Crippen molar-refractivity contribution in [1.29, 1.82) is 0 Å². The molecule has 0 radical (unpaired) electrons. The third-order valence-corrected chi connectivity index (χ3v) is 4.84. The van der Waals surface area contributed by atoms with E-state index in [0.717, 1.165) is 21.8 Å². The fourth-order valence-electron chi connectivity index (χ4n) is 3.31. The van der Waals surface area contributed by atoms with E-state index >= 15 is 0 Å². The maximum atomic E-state index is 10.2. The van der Waals surface area contributed by atoms with Crippen molar-refractivity contribution in [2.75, 3.05) is 17.7 Å². The second-order valence-electron chi connectivity index (χ2n) is 6.74. The predicted molar refractivity (Wildman–Crippen MR) is 108 cm³/mol. The molecule has 150 valence electrons. The summed E-state index contributed by atoms with van der Waals surface area (Å²) < 4.78 is 5.47. The lowest BCUT2D eigenvalue weighted by atomic mass is 9.98. The minimum atomic E-state index is -1.43. The van der Waals surface area contributed by atoms with Gasteiger partial charge in [0.25, 0.3) is 0 Å². The van der Waals surface area contributed by atoms with E-state index in [1.54, 1.807) is 18.2 Å². The first kappa shape index (κ1) is 20.5. The fraction of sp³-hybridized carbons (Fsp3) is 0.316. The molecule has 9 heteroatoms. The van der Waals surface area contributed by atoms with E-state index in [2.05, 4.69) is 10.3 Å². The largest absolute Gasteiger partial charge is 0.399 e. The molecule has 0 saturated carbocycles. The van der Waals surface area contributed by atoms with Crippen molar-refractivity contribution < 1.29 is 25.2 Å². The van der Waals surface area contributed by atoms with Crippen molar-refractivity contribution in [3.8, 4) is 0 Å². The molecule has 1 fully saturated rings. The minimum absolute atomic E-state index is 0. The number of aliphatic hydroxyl groups excluding tert-OH is 4. The Bertz CT molecular complexity index is 986. The number of hydrogen-bond acceptors (Lipinski definition) is 8. The molecule has 2 aromatic carbocycles. The Kier molecular flexibility index (Phi) is 5.90. The van der Waals surface area contributed by atoms with Crippen molar-refractivity contribution in [2.24, 2.45) is 0 Å². The van der Waals surface area contributed by atoms with Gasteiger partial charge in [-0.2, -0.15) is 0 Å². The lowest BCUT2D eigenvalue weighted by Crippen LogP contribution is -2.60. The molecule has 3 aromatic rings. The van der Waals surface area contributed by atoms with Gasteiger partial charge in [0, 0.05) is 22.1 Å². The molecule has 1 saturated heterocycles. The monoisotopic (exact) mass is 407 g/mol. The van der Waals surface area contributed by atoms with Crippen LogP contribution < -0.4 is 11.1 Å². The summed E-state index contributed by atoms with van der Waals surface area (Å²) in [5.41, 5.74) is 8.56. The Balaban J connectivity index is 0.00000225. The van der Waals surface area contributed by atoms with Crippen LogP contribution >= 0.6 is 12.4 Å². The van der Waals surface area contributed by atoms with Gasteiger partial charge < -0.3 is 36.2 Å². The molecule has 7 N–H and O–H groups in total. The molecule has 0 aliphatic carbocycles. The lowest BCUT2D eigenvalue weighted by Gasteiger charge is -2.40. The summed E-state index contributed by atoms with van der Waals surface area (Å²) in [6.07, 6.45) is -6.14. The normalized spacial score (nSPS) is 27.5. The molecule has 1 aromatic heterocycles. The number of ether oxygens (including phenoxy) is 1. The smallest absolute Gasteiger partial charge is 0.157 e.